The van der Waals surface area contributed by atoms with Gasteiger partial charge >= 0.3 is 0 Å². The van der Waals surface area contributed by atoms with Crippen molar-refractivity contribution in [2.75, 3.05) is 33.4 Å². The van der Waals surface area contributed by atoms with E-state index in [9.17, 15) is 9.59 Å². The number of halogens is 1. The minimum absolute atomic E-state index is 0.0362. The lowest BCUT2D eigenvalue weighted by molar-refractivity contribution is -0.134. The third-order valence-corrected chi connectivity index (χ3v) is 7.72. The Bertz CT molecular complexity index is 1160. The molecule has 0 saturated heterocycles. The highest BCUT2D eigenvalue weighted by molar-refractivity contribution is 9.10. The molecule has 0 aliphatic carbocycles. The largest absolute Gasteiger partial charge is 0.385 e. The SMILES string of the molecule is COCCCN(CC(=O)N1CCc2sccc2C1c1ccccc1C)C(=O)c1cccc(Br)c1. The average molecular weight is 542 g/mol. The first-order chi connectivity index (χ1) is 16.5. The second-order valence-electron chi connectivity index (χ2n) is 8.48. The summed E-state index contributed by atoms with van der Waals surface area (Å²) in [6.45, 7) is 3.76. The number of hydrogen-bond donors (Lipinski definition) is 0. The lowest BCUT2D eigenvalue weighted by Gasteiger charge is -2.38. The maximum Gasteiger partial charge on any atom is 0.254 e. The van der Waals surface area contributed by atoms with Crippen LogP contribution >= 0.6 is 27.3 Å². The predicted octanol–water partition coefficient (Wildman–Crippen LogP) is 5.47. The molecule has 2 heterocycles. The molecule has 1 aliphatic heterocycles. The van der Waals surface area contributed by atoms with Gasteiger partial charge in [0.1, 0.15) is 6.54 Å². The molecule has 0 N–H and O–H groups in total. The molecule has 5 nitrogen and oxygen atoms in total. The van der Waals surface area contributed by atoms with Gasteiger partial charge in [0.25, 0.3) is 5.91 Å². The molecule has 1 aromatic heterocycles. The number of methoxy groups -OCH3 is 1. The van der Waals surface area contributed by atoms with Crippen molar-refractivity contribution >= 4 is 39.1 Å². The van der Waals surface area contributed by atoms with Gasteiger partial charge in [-0.15, -0.1) is 11.3 Å². The second kappa shape index (κ2) is 11.3. The summed E-state index contributed by atoms with van der Waals surface area (Å²) in [5, 5.41) is 2.11. The van der Waals surface area contributed by atoms with Crippen LogP contribution in [-0.4, -0.2) is 55.0 Å². The fraction of sp³-hybridized carbons (Fsp3) is 0.333. The van der Waals surface area contributed by atoms with Gasteiger partial charge in [0.05, 0.1) is 6.04 Å². The van der Waals surface area contributed by atoms with E-state index in [0.29, 0.717) is 31.7 Å². The number of hydrogen-bond acceptors (Lipinski definition) is 4. The van der Waals surface area contributed by atoms with Crippen molar-refractivity contribution in [2.45, 2.75) is 25.8 Å². The number of rotatable bonds is 8. The molecule has 0 saturated carbocycles. The Balaban J connectivity index is 1.62. The molecular formula is C27H29BrN2O3S. The summed E-state index contributed by atoms with van der Waals surface area (Å²) in [6, 6.07) is 17.6. The molecule has 2 amide bonds. The summed E-state index contributed by atoms with van der Waals surface area (Å²) in [7, 11) is 1.64. The van der Waals surface area contributed by atoms with Gasteiger partial charge in [-0.2, -0.15) is 0 Å². The quantitative estimate of drug-likeness (QED) is 0.356. The second-order valence-corrected chi connectivity index (χ2v) is 10.4. The zero-order valence-corrected chi connectivity index (χ0v) is 21.9. The van der Waals surface area contributed by atoms with Gasteiger partial charge in [-0.3, -0.25) is 9.59 Å². The van der Waals surface area contributed by atoms with Crippen molar-refractivity contribution in [3.63, 3.8) is 0 Å². The van der Waals surface area contributed by atoms with E-state index in [1.165, 1.54) is 10.4 Å². The number of carbonyl (C=O) groups excluding carboxylic acids is 2. The summed E-state index contributed by atoms with van der Waals surface area (Å²) >= 11 is 5.20. The first-order valence-electron chi connectivity index (χ1n) is 11.4. The topological polar surface area (TPSA) is 49.9 Å². The minimum atomic E-state index is -0.147. The van der Waals surface area contributed by atoms with E-state index < -0.39 is 0 Å². The van der Waals surface area contributed by atoms with Gasteiger partial charge in [0, 0.05) is 41.7 Å². The molecule has 0 spiro atoms. The van der Waals surface area contributed by atoms with E-state index in [1.807, 2.05) is 29.2 Å². The Hall–Kier alpha value is -2.48. The smallest absolute Gasteiger partial charge is 0.254 e. The van der Waals surface area contributed by atoms with Gasteiger partial charge < -0.3 is 14.5 Å². The standard InChI is InChI=1S/C27H29BrN2O3S/c1-19-7-3-4-10-22(19)26-23-12-16-34-24(23)11-14-30(26)25(31)18-29(13-6-15-33-2)27(32)20-8-5-9-21(28)17-20/h3-5,7-10,12,16-17,26H,6,11,13-15,18H2,1-2H3. The van der Waals surface area contributed by atoms with Crippen molar-refractivity contribution in [1.82, 2.24) is 9.80 Å². The Morgan fingerprint density at radius 1 is 1.15 bits per heavy atom. The van der Waals surface area contributed by atoms with Crippen LogP contribution in [0.2, 0.25) is 0 Å². The summed E-state index contributed by atoms with van der Waals surface area (Å²) in [4.78, 5) is 32.1. The molecule has 178 valence electrons. The summed E-state index contributed by atoms with van der Waals surface area (Å²) in [6.07, 6.45) is 1.50. The summed E-state index contributed by atoms with van der Waals surface area (Å²) in [5.74, 6) is -0.183. The van der Waals surface area contributed by atoms with Crippen LogP contribution < -0.4 is 0 Å². The molecule has 2 aromatic carbocycles. The first kappa shape index (κ1) is 24.6. The van der Waals surface area contributed by atoms with Crippen molar-refractivity contribution in [3.8, 4) is 0 Å². The molecule has 0 fully saturated rings. The first-order valence-corrected chi connectivity index (χ1v) is 13.1. The van der Waals surface area contributed by atoms with Crippen LogP contribution in [-0.2, 0) is 16.0 Å². The molecule has 0 bridgehead atoms. The number of carbonyl (C=O) groups is 2. The van der Waals surface area contributed by atoms with Crippen LogP contribution in [0.15, 0.2) is 64.5 Å². The summed E-state index contributed by atoms with van der Waals surface area (Å²) in [5.41, 5.74) is 4.06. The van der Waals surface area contributed by atoms with E-state index in [2.05, 4.69) is 46.4 Å². The Morgan fingerprint density at radius 3 is 2.74 bits per heavy atom. The zero-order valence-electron chi connectivity index (χ0n) is 19.5. The molecule has 1 atom stereocenters. The average Bonchev–Trinajstić information content (AvgIpc) is 3.32. The van der Waals surface area contributed by atoms with E-state index in [0.717, 1.165) is 22.0 Å². The highest BCUT2D eigenvalue weighted by Crippen LogP contribution is 2.39. The molecule has 3 aromatic rings. The van der Waals surface area contributed by atoms with Crippen molar-refractivity contribution in [2.24, 2.45) is 0 Å². The molecule has 0 radical (unpaired) electrons. The third-order valence-electron chi connectivity index (χ3n) is 6.23. The highest BCUT2D eigenvalue weighted by Gasteiger charge is 2.34. The number of benzene rings is 2. The van der Waals surface area contributed by atoms with Crippen LogP contribution in [0.5, 0.6) is 0 Å². The van der Waals surface area contributed by atoms with Gasteiger partial charge in [-0.1, -0.05) is 46.3 Å². The van der Waals surface area contributed by atoms with E-state index in [-0.39, 0.29) is 24.4 Å². The number of aryl methyl sites for hydroxylation is 1. The molecule has 34 heavy (non-hydrogen) atoms. The minimum Gasteiger partial charge on any atom is -0.385 e. The molecule has 4 rings (SSSR count). The van der Waals surface area contributed by atoms with Gasteiger partial charge in [0.2, 0.25) is 5.91 Å². The predicted molar refractivity (Wildman–Crippen MR) is 139 cm³/mol. The van der Waals surface area contributed by atoms with Crippen LogP contribution in [0.3, 0.4) is 0 Å². The normalized spacial score (nSPS) is 15.1. The molecule has 1 unspecified atom stereocenters. The van der Waals surface area contributed by atoms with Crippen LogP contribution in [0.1, 0.15) is 44.4 Å². The Morgan fingerprint density at radius 2 is 1.97 bits per heavy atom. The number of fused-ring (bicyclic) bond motifs is 1. The van der Waals surface area contributed by atoms with Gasteiger partial charge in [0.15, 0.2) is 0 Å². The Kier molecular flexibility index (Phi) is 8.19. The van der Waals surface area contributed by atoms with Crippen molar-refractivity contribution < 1.29 is 14.3 Å². The fourth-order valence-corrected chi connectivity index (χ4v) is 5.83. The monoisotopic (exact) mass is 540 g/mol. The summed E-state index contributed by atoms with van der Waals surface area (Å²) < 4.78 is 6.03. The van der Waals surface area contributed by atoms with E-state index >= 15 is 0 Å². The maximum absolute atomic E-state index is 13.8. The zero-order chi connectivity index (χ0) is 24.1. The molecule has 7 heteroatoms. The van der Waals surface area contributed by atoms with E-state index in [4.69, 9.17) is 4.74 Å². The van der Waals surface area contributed by atoms with E-state index in [1.54, 1.807) is 35.5 Å². The van der Waals surface area contributed by atoms with Crippen molar-refractivity contribution in [1.29, 1.82) is 0 Å². The lowest BCUT2D eigenvalue weighted by atomic mass is 9.90. The molecular weight excluding hydrogens is 512 g/mol. The van der Waals surface area contributed by atoms with Gasteiger partial charge in [-0.05, 0) is 66.1 Å². The third kappa shape index (κ3) is 5.43. The number of amides is 2. The maximum atomic E-state index is 13.8. The number of ether oxygens (including phenoxy) is 1. The highest BCUT2D eigenvalue weighted by atomic mass is 79.9. The van der Waals surface area contributed by atoms with Crippen LogP contribution in [0.25, 0.3) is 0 Å². The fourth-order valence-electron chi connectivity index (χ4n) is 4.52. The number of thiophene rings is 1. The Labute approximate surface area is 213 Å². The van der Waals surface area contributed by atoms with Crippen molar-refractivity contribution in [3.05, 3.63) is 91.6 Å². The van der Waals surface area contributed by atoms with Crippen LogP contribution in [0.4, 0.5) is 0 Å². The van der Waals surface area contributed by atoms with Gasteiger partial charge in [-0.25, -0.2) is 0 Å². The lowest BCUT2D eigenvalue weighted by Crippen LogP contribution is -2.47. The molecule has 1 aliphatic rings. The number of nitrogens with zero attached hydrogens (tertiary/aromatic N) is 2. The van der Waals surface area contributed by atoms with Crippen LogP contribution in [0, 0.1) is 6.92 Å².